The van der Waals surface area contributed by atoms with E-state index in [9.17, 15) is 5.11 Å². The van der Waals surface area contributed by atoms with Crippen molar-refractivity contribution in [2.75, 3.05) is 7.11 Å². The van der Waals surface area contributed by atoms with E-state index in [1.165, 1.54) is 13.2 Å². The van der Waals surface area contributed by atoms with E-state index in [-0.39, 0.29) is 5.75 Å². The molecule has 1 rings (SSSR count). The monoisotopic (exact) mass is 183 g/mol. The highest BCUT2D eigenvalue weighted by Gasteiger charge is 2.07. The Kier molecular flexibility index (Phi) is 3.11. The molecule has 0 atom stereocenters. The number of aromatic hydroxyl groups is 1. The van der Waals surface area contributed by atoms with Crippen LogP contribution in [0.3, 0.4) is 0 Å². The zero-order valence-electron chi connectivity index (χ0n) is 7.66. The molecule has 0 amide bonds. The van der Waals surface area contributed by atoms with Gasteiger partial charge in [-0.2, -0.15) is 0 Å². The molecule has 0 aliphatic rings. The van der Waals surface area contributed by atoms with Gasteiger partial charge in [-0.1, -0.05) is 0 Å². The van der Waals surface area contributed by atoms with E-state index in [0.717, 1.165) is 11.1 Å². The maximum absolute atomic E-state index is 9.25. The summed E-state index contributed by atoms with van der Waals surface area (Å²) in [7, 11) is 1.52. The fourth-order valence-corrected chi connectivity index (χ4v) is 1.25. The van der Waals surface area contributed by atoms with Crippen LogP contribution in [0.4, 0.5) is 0 Å². The van der Waals surface area contributed by atoms with Crippen LogP contribution in [0.2, 0.25) is 0 Å². The van der Waals surface area contributed by atoms with Gasteiger partial charge >= 0.3 is 0 Å². The molecular weight excluding hydrogens is 170 g/mol. The summed E-state index contributed by atoms with van der Waals surface area (Å²) in [5, 5.41) is 17.8. The van der Waals surface area contributed by atoms with Crippen LogP contribution in [0.5, 0.6) is 11.5 Å². The number of hydrogen-bond acceptors (Lipinski definition) is 4. The summed E-state index contributed by atoms with van der Waals surface area (Å²) in [6, 6.07) is 3.13. The number of methoxy groups -OCH3 is 1. The topological polar surface area (TPSA) is 61.7 Å². The Morgan fingerprint density at radius 2 is 2.15 bits per heavy atom. The first-order valence-electron chi connectivity index (χ1n) is 3.92. The molecular formula is C9H13NO3. The number of phenolic OH excluding ortho intramolecular Hbond substituents is 1. The first-order chi connectivity index (χ1) is 6.19. The summed E-state index contributed by atoms with van der Waals surface area (Å²) in [6.45, 7) is 2.14. The van der Waals surface area contributed by atoms with Crippen molar-refractivity contribution in [3.05, 3.63) is 23.3 Å². The molecule has 1 aromatic carbocycles. The Hall–Kier alpha value is -1.26. The van der Waals surface area contributed by atoms with Crippen molar-refractivity contribution in [1.29, 1.82) is 0 Å². The fraction of sp³-hybridized carbons (Fsp3) is 0.333. The number of hydroxylamine groups is 1. The molecule has 4 nitrogen and oxygen atoms in total. The molecule has 0 saturated heterocycles. The third kappa shape index (κ3) is 2.11. The first kappa shape index (κ1) is 9.83. The van der Waals surface area contributed by atoms with Gasteiger partial charge in [0.2, 0.25) is 0 Å². The molecule has 0 fully saturated rings. The van der Waals surface area contributed by atoms with Crippen molar-refractivity contribution in [2.45, 2.75) is 13.5 Å². The van der Waals surface area contributed by atoms with E-state index in [4.69, 9.17) is 9.94 Å². The van der Waals surface area contributed by atoms with Gasteiger partial charge in [0, 0.05) is 18.2 Å². The SMILES string of the molecule is COc1cc(O)cc(C)c1CNO. The molecule has 4 heteroatoms. The Morgan fingerprint density at radius 3 is 2.69 bits per heavy atom. The van der Waals surface area contributed by atoms with Gasteiger partial charge in [0.1, 0.15) is 11.5 Å². The van der Waals surface area contributed by atoms with Gasteiger partial charge in [-0.05, 0) is 18.6 Å². The van der Waals surface area contributed by atoms with Crippen molar-refractivity contribution in [1.82, 2.24) is 5.48 Å². The molecule has 0 aromatic heterocycles. The Labute approximate surface area is 76.7 Å². The number of aryl methyl sites for hydroxylation is 1. The van der Waals surface area contributed by atoms with Crippen LogP contribution in [0, 0.1) is 6.92 Å². The van der Waals surface area contributed by atoms with E-state index in [1.54, 1.807) is 6.07 Å². The molecule has 0 saturated carbocycles. The lowest BCUT2D eigenvalue weighted by Gasteiger charge is -2.11. The third-order valence-electron chi connectivity index (χ3n) is 1.89. The minimum atomic E-state index is 0.163. The van der Waals surface area contributed by atoms with Gasteiger partial charge in [0.05, 0.1) is 7.11 Å². The van der Waals surface area contributed by atoms with Crippen LogP contribution < -0.4 is 10.2 Å². The van der Waals surface area contributed by atoms with Crippen molar-refractivity contribution < 1.29 is 15.1 Å². The van der Waals surface area contributed by atoms with Crippen molar-refractivity contribution in [3.8, 4) is 11.5 Å². The normalized spacial score (nSPS) is 10.1. The van der Waals surface area contributed by atoms with E-state index in [1.807, 2.05) is 6.92 Å². The summed E-state index contributed by atoms with van der Waals surface area (Å²) in [6.07, 6.45) is 0. The zero-order chi connectivity index (χ0) is 9.84. The van der Waals surface area contributed by atoms with Crippen LogP contribution in [0.15, 0.2) is 12.1 Å². The molecule has 0 bridgehead atoms. The van der Waals surface area contributed by atoms with Gasteiger partial charge in [-0.15, -0.1) is 0 Å². The van der Waals surface area contributed by atoms with Crippen LogP contribution in [0.25, 0.3) is 0 Å². The summed E-state index contributed by atoms with van der Waals surface area (Å²) in [5.41, 5.74) is 3.77. The average Bonchev–Trinajstić information content (AvgIpc) is 2.09. The molecule has 0 radical (unpaired) electrons. The fourth-order valence-electron chi connectivity index (χ4n) is 1.25. The van der Waals surface area contributed by atoms with Crippen LogP contribution in [0.1, 0.15) is 11.1 Å². The summed E-state index contributed by atoms with van der Waals surface area (Å²) in [4.78, 5) is 0. The van der Waals surface area contributed by atoms with Crippen LogP contribution in [-0.4, -0.2) is 17.4 Å². The number of rotatable bonds is 3. The average molecular weight is 183 g/mol. The lowest BCUT2D eigenvalue weighted by Crippen LogP contribution is -2.09. The second-order valence-electron chi connectivity index (χ2n) is 2.78. The van der Waals surface area contributed by atoms with Crippen molar-refractivity contribution in [3.63, 3.8) is 0 Å². The molecule has 1 aromatic rings. The minimum Gasteiger partial charge on any atom is -0.508 e. The summed E-state index contributed by atoms with van der Waals surface area (Å²) in [5.74, 6) is 0.732. The second kappa shape index (κ2) is 4.11. The molecule has 72 valence electrons. The van der Waals surface area contributed by atoms with Gasteiger partial charge in [0.25, 0.3) is 0 Å². The molecule has 0 aliphatic heterocycles. The van der Waals surface area contributed by atoms with E-state index in [0.29, 0.717) is 12.3 Å². The van der Waals surface area contributed by atoms with Crippen molar-refractivity contribution >= 4 is 0 Å². The number of benzene rings is 1. The lowest BCUT2D eigenvalue weighted by atomic mass is 10.1. The molecule has 0 spiro atoms. The minimum absolute atomic E-state index is 0.163. The molecule has 0 unspecified atom stereocenters. The molecule has 13 heavy (non-hydrogen) atoms. The molecule has 0 heterocycles. The van der Waals surface area contributed by atoms with Crippen molar-refractivity contribution in [2.24, 2.45) is 0 Å². The van der Waals surface area contributed by atoms with Crippen LogP contribution >= 0.6 is 0 Å². The molecule has 0 aliphatic carbocycles. The maximum Gasteiger partial charge on any atom is 0.127 e. The lowest BCUT2D eigenvalue weighted by molar-refractivity contribution is 0.160. The van der Waals surface area contributed by atoms with Gasteiger partial charge in [0.15, 0.2) is 0 Å². The summed E-state index contributed by atoms with van der Waals surface area (Å²) < 4.78 is 5.05. The second-order valence-corrected chi connectivity index (χ2v) is 2.78. The smallest absolute Gasteiger partial charge is 0.127 e. The third-order valence-corrected chi connectivity index (χ3v) is 1.89. The van der Waals surface area contributed by atoms with E-state index < -0.39 is 0 Å². The highest BCUT2D eigenvalue weighted by atomic mass is 16.5. The largest absolute Gasteiger partial charge is 0.508 e. The quantitative estimate of drug-likeness (QED) is 0.616. The standard InChI is InChI=1S/C9H13NO3/c1-6-3-7(11)4-9(13-2)8(6)5-10-12/h3-4,10-12H,5H2,1-2H3. The van der Waals surface area contributed by atoms with Gasteiger partial charge in [-0.25, -0.2) is 5.48 Å². The first-order valence-corrected chi connectivity index (χ1v) is 3.92. The zero-order valence-corrected chi connectivity index (χ0v) is 7.66. The van der Waals surface area contributed by atoms with Crippen LogP contribution in [-0.2, 0) is 6.54 Å². The Morgan fingerprint density at radius 1 is 1.46 bits per heavy atom. The highest BCUT2D eigenvalue weighted by Crippen LogP contribution is 2.27. The highest BCUT2D eigenvalue weighted by molar-refractivity contribution is 5.45. The van der Waals surface area contributed by atoms with E-state index in [2.05, 4.69) is 5.48 Å². The Bertz CT molecular complexity index is 299. The number of ether oxygens (including phenoxy) is 1. The maximum atomic E-state index is 9.25. The summed E-state index contributed by atoms with van der Waals surface area (Å²) >= 11 is 0. The van der Waals surface area contributed by atoms with Gasteiger partial charge in [-0.3, -0.25) is 0 Å². The molecule has 3 N–H and O–H groups in total. The number of nitrogens with one attached hydrogen (secondary N) is 1. The Balaban J connectivity index is 3.13. The number of phenols is 1. The van der Waals surface area contributed by atoms with E-state index >= 15 is 0 Å². The number of hydrogen-bond donors (Lipinski definition) is 3. The predicted molar refractivity (Wildman–Crippen MR) is 48.0 cm³/mol. The predicted octanol–water partition coefficient (Wildman–Crippen LogP) is 1.19. The van der Waals surface area contributed by atoms with Gasteiger partial charge < -0.3 is 15.1 Å².